The fourth-order valence-electron chi connectivity index (χ4n) is 2.50. The molecule has 0 atom stereocenters. The van der Waals surface area contributed by atoms with Crippen molar-refractivity contribution in [3.63, 3.8) is 0 Å². The summed E-state index contributed by atoms with van der Waals surface area (Å²) in [5.74, 6) is -0.142. The van der Waals surface area contributed by atoms with Crippen molar-refractivity contribution in [3.8, 4) is 0 Å². The minimum atomic E-state index is -0.142. The molecule has 0 amide bonds. The Morgan fingerprint density at radius 1 is 1.17 bits per heavy atom. The van der Waals surface area contributed by atoms with Crippen LogP contribution in [0.4, 0.5) is 4.39 Å². The summed E-state index contributed by atoms with van der Waals surface area (Å²) >= 11 is 0. The number of aryl methyl sites for hydroxylation is 1. The second kappa shape index (κ2) is 4.73. The number of benzene rings is 1. The van der Waals surface area contributed by atoms with Crippen molar-refractivity contribution < 1.29 is 4.39 Å². The molecule has 18 heavy (non-hydrogen) atoms. The van der Waals surface area contributed by atoms with E-state index in [0.717, 1.165) is 30.4 Å². The first kappa shape index (κ1) is 11.1. The third kappa shape index (κ3) is 2.19. The third-order valence-electron chi connectivity index (χ3n) is 3.33. The first-order valence-electron chi connectivity index (χ1n) is 6.22. The summed E-state index contributed by atoms with van der Waals surface area (Å²) in [7, 11) is 0. The highest BCUT2D eigenvalue weighted by molar-refractivity contribution is 5.83. The fourth-order valence-corrected chi connectivity index (χ4v) is 2.50. The Morgan fingerprint density at radius 2 is 2.11 bits per heavy atom. The highest BCUT2D eigenvalue weighted by atomic mass is 19.1. The topological polar surface area (TPSA) is 12.9 Å². The van der Waals surface area contributed by atoms with Gasteiger partial charge >= 0.3 is 0 Å². The van der Waals surface area contributed by atoms with Gasteiger partial charge in [0.2, 0.25) is 0 Å². The summed E-state index contributed by atoms with van der Waals surface area (Å²) in [5.41, 5.74) is 4.69. The first-order valence-corrected chi connectivity index (χ1v) is 6.22. The Hall–Kier alpha value is -1.96. The molecule has 2 heteroatoms. The van der Waals surface area contributed by atoms with Crippen LogP contribution in [0.5, 0.6) is 0 Å². The number of halogens is 1. The van der Waals surface area contributed by atoms with Crippen LogP contribution >= 0.6 is 0 Å². The zero-order valence-electron chi connectivity index (χ0n) is 10.1. The van der Waals surface area contributed by atoms with Crippen molar-refractivity contribution in [2.45, 2.75) is 19.3 Å². The quantitative estimate of drug-likeness (QED) is 0.730. The molecule has 0 aliphatic heterocycles. The van der Waals surface area contributed by atoms with Crippen molar-refractivity contribution in [1.82, 2.24) is 4.98 Å². The average molecular weight is 239 g/mol. The lowest BCUT2D eigenvalue weighted by Crippen LogP contribution is -2.02. The van der Waals surface area contributed by atoms with Crippen LogP contribution in [-0.4, -0.2) is 4.98 Å². The molecule has 0 radical (unpaired) electrons. The molecule has 0 unspecified atom stereocenters. The van der Waals surface area contributed by atoms with Gasteiger partial charge in [0.15, 0.2) is 0 Å². The van der Waals surface area contributed by atoms with E-state index in [1.807, 2.05) is 24.4 Å². The zero-order valence-corrected chi connectivity index (χ0v) is 10.1. The van der Waals surface area contributed by atoms with E-state index in [-0.39, 0.29) is 5.82 Å². The molecule has 1 aliphatic carbocycles. The van der Waals surface area contributed by atoms with Crippen LogP contribution in [-0.2, 0) is 6.42 Å². The normalized spacial score (nSPS) is 16.6. The average Bonchev–Trinajstić information content (AvgIpc) is 2.40. The lowest BCUT2D eigenvalue weighted by atomic mass is 9.86. The molecular weight excluding hydrogens is 225 g/mol. The maximum Gasteiger partial charge on any atom is 0.123 e. The summed E-state index contributed by atoms with van der Waals surface area (Å²) in [6, 6.07) is 9.07. The van der Waals surface area contributed by atoms with Crippen LogP contribution in [0.25, 0.3) is 11.6 Å². The largest absolute Gasteiger partial charge is 0.264 e. The molecule has 90 valence electrons. The van der Waals surface area contributed by atoms with E-state index in [0.29, 0.717) is 0 Å². The van der Waals surface area contributed by atoms with Crippen molar-refractivity contribution in [1.29, 1.82) is 0 Å². The van der Waals surface area contributed by atoms with Gasteiger partial charge in [-0.25, -0.2) is 4.39 Å². The van der Waals surface area contributed by atoms with Crippen molar-refractivity contribution in [3.05, 3.63) is 65.2 Å². The highest BCUT2D eigenvalue weighted by Crippen LogP contribution is 2.32. The molecule has 0 fully saturated rings. The molecule has 3 rings (SSSR count). The lowest BCUT2D eigenvalue weighted by molar-refractivity contribution is 0.623. The maximum absolute atomic E-state index is 13.2. The minimum absolute atomic E-state index is 0.142. The number of pyridine rings is 1. The maximum atomic E-state index is 13.2. The third-order valence-corrected chi connectivity index (χ3v) is 3.33. The summed E-state index contributed by atoms with van der Waals surface area (Å²) in [5, 5.41) is 0. The van der Waals surface area contributed by atoms with Crippen molar-refractivity contribution in [2.24, 2.45) is 0 Å². The molecule has 0 saturated carbocycles. The van der Waals surface area contributed by atoms with Crippen LogP contribution in [0.3, 0.4) is 0 Å². The Labute approximate surface area is 106 Å². The van der Waals surface area contributed by atoms with E-state index in [1.165, 1.54) is 11.1 Å². The molecule has 0 N–H and O–H groups in total. The Balaban J connectivity index is 2.04. The summed E-state index contributed by atoms with van der Waals surface area (Å²) < 4.78 is 13.2. The first-order chi connectivity index (χ1) is 8.83. The molecule has 0 saturated heterocycles. The van der Waals surface area contributed by atoms with Gasteiger partial charge in [0.05, 0.1) is 0 Å². The summed E-state index contributed by atoms with van der Waals surface area (Å²) in [6.45, 7) is 0. The van der Waals surface area contributed by atoms with E-state index < -0.39 is 0 Å². The van der Waals surface area contributed by atoms with E-state index in [4.69, 9.17) is 0 Å². The van der Waals surface area contributed by atoms with E-state index >= 15 is 0 Å². The molecule has 1 heterocycles. The Bertz CT molecular complexity index is 587. The van der Waals surface area contributed by atoms with Crippen LogP contribution in [0.2, 0.25) is 0 Å². The monoisotopic (exact) mass is 239 g/mol. The van der Waals surface area contributed by atoms with Gasteiger partial charge in [-0.3, -0.25) is 4.98 Å². The predicted octanol–water partition coefficient (Wildman–Crippen LogP) is 4.10. The summed E-state index contributed by atoms with van der Waals surface area (Å²) in [6.07, 6.45) is 8.88. The van der Waals surface area contributed by atoms with Crippen molar-refractivity contribution >= 4 is 11.6 Å². The second-order valence-electron chi connectivity index (χ2n) is 4.61. The van der Waals surface area contributed by atoms with Crippen LogP contribution in [0.1, 0.15) is 29.5 Å². The van der Waals surface area contributed by atoms with Crippen molar-refractivity contribution in [2.75, 3.05) is 0 Å². The molecule has 2 aromatic rings. The van der Waals surface area contributed by atoms with Gasteiger partial charge in [0.25, 0.3) is 0 Å². The van der Waals surface area contributed by atoms with Gasteiger partial charge in [-0.2, -0.15) is 0 Å². The molecule has 1 nitrogen and oxygen atoms in total. The summed E-state index contributed by atoms with van der Waals surface area (Å²) in [4.78, 5) is 4.12. The van der Waals surface area contributed by atoms with Gasteiger partial charge in [0.1, 0.15) is 5.82 Å². The highest BCUT2D eigenvalue weighted by Gasteiger charge is 2.14. The number of hydrogen-bond acceptors (Lipinski definition) is 1. The Morgan fingerprint density at radius 3 is 2.94 bits per heavy atom. The molecule has 0 spiro atoms. The zero-order chi connectivity index (χ0) is 12.4. The molecule has 1 aromatic heterocycles. The van der Waals surface area contributed by atoms with Gasteiger partial charge in [-0.15, -0.1) is 0 Å². The number of aromatic nitrogens is 1. The number of rotatable bonds is 1. The second-order valence-corrected chi connectivity index (χ2v) is 4.61. The standard InChI is InChI=1S/C16H14FN/c17-15-6-7-16-13(4-1-5-14(16)10-15)9-12-3-2-8-18-11-12/h2-3,6-11H,1,4-5H2. The SMILES string of the molecule is Fc1ccc2c(c1)CCCC2=Cc1cccnc1. The molecule has 0 bridgehead atoms. The molecule has 1 aliphatic rings. The number of nitrogens with zero attached hydrogens (tertiary/aromatic N) is 1. The van der Waals surface area contributed by atoms with E-state index in [1.54, 1.807) is 18.3 Å². The Kier molecular flexibility index (Phi) is 2.93. The van der Waals surface area contributed by atoms with Gasteiger partial charge in [-0.1, -0.05) is 12.1 Å². The van der Waals surface area contributed by atoms with E-state index in [2.05, 4.69) is 11.1 Å². The molecule has 1 aromatic carbocycles. The predicted molar refractivity (Wildman–Crippen MR) is 71.4 cm³/mol. The lowest BCUT2D eigenvalue weighted by Gasteiger charge is -2.19. The number of fused-ring (bicyclic) bond motifs is 1. The molecular formula is C16H14FN. The van der Waals surface area contributed by atoms with Gasteiger partial charge in [0, 0.05) is 12.4 Å². The minimum Gasteiger partial charge on any atom is -0.264 e. The van der Waals surface area contributed by atoms with E-state index in [9.17, 15) is 4.39 Å². The fraction of sp³-hybridized carbons (Fsp3) is 0.188. The number of allylic oxidation sites excluding steroid dienone is 1. The van der Waals surface area contributed by atoms with Gasteiger partial charge < -0.3 is 0 Å². The smallest absolute Gasteiger partial charge is 0.123 e. The number of hydrogen-bond donors (Lipinski definition) is 0. The van der Waals surface area contributed by atoms with Crippen LogP contribution < -0.4 is 0 Å². The van der Waals surface area contributed by atoms with Gasteiger partial charge in [-0.05, 0) is 65.8 Å². The van der Waals surface area contributed by atoms with Crippen LogP contribution in [0.15, 0.2) is 42.7 Å². The van der Waals surface area contributed by atoms with Crippen LogP contribution in [0, 0.1) is 5.82 Å².